The molecule has 0 atom stereocenters. The molecule has 0 saturated heterocycles. The second kappa shape index (κ2) is 10.4. The Morgan fingerprint density at radius 1 is 0.561 bits per heavy atom. The maximum absolute atomic E-state index is 13.4. The monoisotopic (exact) mass is 550 g/mol. The van der Waals surface area contributed by atoms with Crippen molar-refractivity contribution < 1.29 is 0 Å². The van der Waals surface area contributed by atoms with E-state index in [4.69, 9.17) is 0 Å². The molecule has 3 aromatic carbocycles. The summed E-state index contributed by atoms with van der Waals surface area (Å²) >= 11 is 0. The van der Waals surface area contributed by atoms with Crippen LogP contribution in [-0.4, -0.2) is 9.13 Å². The van der Waals surface area contributed by atoms with E-state index < -0.39 is 27.8 Å². The van der Waals surface area contributed by atoms with Gasteiger partial charge in [0.1, 0.15) is 0 Å². The van der Waals surface area contributed by atoms with Crippen molar-refractivity contribution in [1.82, 2.24) is 9.13 Å². The zero-order chi connectivity index (χ0) is 29.7. The lowest BCUT2D eigenvalue weighted by Gasteiger charge is -2.27. The van der Waals surface area contributed by atoms with E-state index in [0.717, 1.165) is 29.4 Å². The second-order valence-electron chi connectivity index (χ2n) is 11.8. The highest BCUT2D eigenvalue weighted by Gasteiger charge is 2.29. The highest BCUT2D eigenvalue weighted by Crippen LogP contribution is 2.31. The Hall–Kier alpha value is -4.06. The van der Waals surface area contributed by atoms with E-state index in [1.807, 2.05) is 32.9 Å². The van der Waals surface area contributed by atoms with Crippen molar-refractivity contribution in [1.29, 1.82) is 0 Å². The average molecular weight is 551 g/mol. The van der Waals surface area contributed by atoms with Gasteiger partial charge < -0.3 is 0 Å². The fourth-order valence-corrected chi connectivity index (χ4v) is 5.95. The summed E-state index contributed by atoms with van der Waals surface area (Å²) in [7, 11) is 0. The molecule has 2 heterocycles. The molecule has 5 rings (SSSR count). The molecule has 6 heteroatoms. The molecule has 0 fully saturated rings. The summed E-state index contributed by atoms with van der Waals surface area (Å²) in [5.74, 6) is 0. The molecule has 0 radical (unpaired) electrons. The van der Waals surface area contributed by atoms with Crippen LogP contribution < -0.4 is 22.2 Å². The summed E-state index contributed by atoms with van der Waals surface area (Å²) in [5.41, 5.74) is 1.81. The number of aromatic nitrogens is 2. The van der Waals surface area contributed by atoms with Gasteiger partial charge in [-0.1, -0.05) is 71.0 Å². The van der Waals surface area contributed by atoms with Gasteiger partial charge >= 0.3 is 0 Å². The Bertz CT molecular complexity index is 1860. The molecule has 0 aliphatic rings. The molecular weight excluding hydrogens is 512 g/mol. The van der Waals surface area contributed by atoms with Crippen molar-refractivity contribution in [3.05, 3.63) is 119 Å². The van der Waals surface area contributed by atoms with Gasteiger partial charge in [-0.25, -0.2) is 4.57 Å². The first-order valence-corrected chi connectivity index (χ1v) is 14.7. The minimum Gasteiger partial charge on any atom is -0.269 e. The summed E-state index contributed by atoms with van der Waals surface area (Å²) < 4.78 is 2.42. The van der Waals surface area contributed by atoms with E-state index in [-0.39, 0.29) is 27.0 Å². The number of hydrogen-bond donors (Lipinski definition) is 0. The van der Waals surface area contributed by atoms with E-state index in [2.05, 4.69) is 45.0 Å². The van der Waals surface area contributed by atoms with Crippen LogP contribution in [0.15, 0.2) is 79.8 Å². The molecule has 6 nitrogen and oxygen atoms in total. The first-order valence-electron chi connectivity index (χ1n) is 14.7. The zero-order valence-corrected chi connectivity index (χ0v) is 24.8. The van der Waals surface area contributed by atoms with Crippen molar-refractivity contribution in [3.63, 3.8) is 0 Å². The Morgan fingerprint density at radius 3 is 1.39 bits per heavy atom. The van der Waals surface area contributed by atoms with Crippen LogP contribution in [-0.2, 0) is 17.4 Å². The van der Waals surface area contributed by atoms with Crippen LogP contribution in [0.4, 0.5) is 0 Å². The van der Waals surface area contributed by atoms with Crippen LogP contribution in [0.25, 0.3) is 27.2 Å². The van der Waals surface area contributed by atoms with Gasteiger partial charge in [-0.05, 0) is 85.4 Å². The lowest BCUT2D eigenvalue weighted by Crippen LogP contribution is -2.42. The predicted molar refractivity (Wildman–Crippen MR) is 168 cm³/mol. The number of hydrogen-bond acceptors (Lipinski definition) is 4. The van der Waals surface area contributed by atoms with Crippen molar-refractivity contribution in [3.8, 4) is 5.69 Å². The highest BCUT2D eigenvalue weighted by molar-refractivity contribution is 5.98. The minimum atomic E-state index is -0.632. The largest absolute Gasteiger partial charge is 0.269 e. The smallest absolute Gasteiger partial charge is 0.266 e. The van der Waals surface area contributed by atoms with Gasteiger partial charge in [0.25, 0.3) is 22.2 Å². The summed E-state index contributed by atoms with van der Waals surface area (Å²) in [6, 6.07) is 19.0. The van der Waals surface area contributed by atoms with Gasteiger partial charge in [0, 0.05) is 5.54 Å². The molecule has 0 aliphatic heterocycles. The minimum absolute atomic E-state index is 0.154. The molecule has 212 valence electrons. The van der Waals surface area contributed by atoms with Gasteiger partial charge in [0.05, 0.1) is 27.2 Å². The topological polar surface area (TPSA) is 78.1 Å². The Labute approximate surface area is 239 Å². The molecule has 0 saturated carbocycles. The van der Waals surface area contributed by atoms with Crippen LogP contribution in [0.1, 0.15) is 83.9 Å². The molecule has 0 amide bonds. The number of nitrogens with zero attached hydrogens (tertiary/aromatic N) is 2. The van der Waals surface area contributed by atoms with Gasteiger partial charge in [0.2, 0.25) is 0 Å². The molecule has 0 bridgehead atoms. The number of benzene rings is 3. The Kier molecular flexibility index (Phi) is 7.22. The highest BCUT2D eigenvalue weighted by atomic mass is 16.2. The maximum Gasteiger partial charge on any atom is 0.266 e. The molecular formula is C35H38N2O4. The molecule has 5 aromatic rings. The molecule has 0 spiro atoms. The summed E-state index contributed by atoms with van der Waals surface area (Å²) in [6.07, 6.45) is 4.14. The summed E-state index contributed by atoms with van der Waals surface area (Å²) in [6.45, 7) is 12.5. The lowest BCUT2D eigenvalue weighted by molar-refractivity contribution is 0.282. The summed E-state index contributed by atoms with van der Waals surface area (Å²) in [5, 5.41) is 0.678. The Morgan fingerprint density at radius 2 is 0.976 bits per heavy atom. The van der Waals surface area contributed by atoms with E-state index in [0.29, 0.717) is 18.5 Å². The van der Waals surface area contributed by atoms with E-state index >= 15 is 0 Å². The van der Waals surface area contributed by atoms with Crippen molar-refractivity contribution in [2.45, 2.75) is 84.6 Å². The quantitative estimate of drug-likeness (QED) is 0.222. The molecule has 2 aromatic heterocycles. The fraction of sp³-hybridized carbons (Fsp3) is 0.371. The SMILES string of the molecule is CCC(C)(CC)c1ccc(Cc2ccc(-n3c(=O)c4cc5c(=O)n(C(C)(CC)CC)c(=O)c5cc4c3=O)cc2)cc1. The third-order valence-electron chi connectivity index (χ3n) is 9.77. The van der Waals surface area contributed by atoms with E-state index in [9.17, 15) is 19.2 Å². The third kappa shape index (κ3) is 4.50. The van der Waals surface area contributed by atoms with Crippen LogP contribution in [0.5, 0.6) is 0 Å². The molecule has 41 heavy (non-hydrogen) atoms. The predicted octanol–water partition coefficient (Wildman–Crippen LogP) is 6.11. The van der Waals surface area contributed by atoms with Crippen LogP contribution in [0.2, 0.25) is 0 Å². The first kappa shape index (κ1) is 28.5. The van der Waals surface area contributed by atoms with Crippen LogP contribution in [0, 0.1) is 0 Å². The average Bonchev–Trinajstić information content (AvgIpc) is 3.40. The Balaban J connectivity index is 1.50. The third-order valence-corrected chi connectivity index (χ3v) is 9.77. The van der Waals surface area contributed by atoms with Crippen molar-refractivity contribution in [2.75, 3.05) is 0 Å². The standard InChI is InChI=1S/C35H38N2O4/c1-7-34(5,8-2)24-15-11-22(12-16-24)19-23-13-17-25(18-14-23)36-30(38)26-20-28-29(21-27(26)31(36)39)33(41)37(32(28)40)35(6,9-3)10-4/h11-18,20-21H,7-10,19H2,1-6H3. The molecule has 0 N–H and O–H groups in total. The van der Waals surface area contributed by atoms with Gasteiger partial charge in [-0.3, -0.25) is 23.7 Å². The molecule has 0 aliphatic carbocycles. The van der Waals surface area contributed by atoms with Crippen LogP contribution >= 0.6 is 0 Å². The van der Waals surface area contributed by atoms with Gasteiger partial charge in [0.15, 0.2) is 0 Å². The lowest BCUT2D eigenvalue weighted by atomic mass is 9.77. The van der Waals surface area contributed by atoms with Crippen molar-refractivity contribution in [2.24, 2.45) is 0 Å². The maximum atomic E-state index is 13.4. The second-order valence-corrected chi connectivity index (χ2v) is 11.8. The van der Waals surface area contributed by atoms with E-state index in [1.54, 1.807) is 12.1 Å². The van der Waals surface area contributed by atoms with Gasteiger partial charge in [-0.2, -0.15) is 0 Å². The normalized spacial score (nSPS) is 12.5. The number of rotatable bonds is 9. The molecule has 0 unspecified atom stereocenters. The number of fused-ring (bicyclic) bond motifs is 2. The fourth-order valence-electron chi connectivity index (χ4n) is 5.95. The van der Waals surface area contributed by atoms with Crippen molar-refractivity contribution >= 4 is 21.5 Å². The zero-order valence-electron chi connectivity index (χ0n) is 24.8. The summed E-state index contributed by atoms with van der Waals surface area (Å²) in [4.78, 5) is 53.4. The van der Waals surface area contributed by atoms with Gasteiger partial charge in [-0.15, -0.1) is 0 Å². The van der Waals surface area contributed by atoms with Crippen LogP contribution in [0.3, 0.4) is 0 Å². The first-order chi connectivity index (χ1) is 19.5. The van der Waals surface area contributed by atoms with E-state index in [1.165, 1.54) is 27.8 Å².